The van der Waals surface area contributed by atoms with Crippen molar-refractivity contribution >= 4 is 10.0 Å². The Labute approximate surface area is 109 Å². The van der Waals surface area contributed by atoms with E-state index in [1.165, 1.54) is 0 Å². The topological polar surface area (TPSA) is 72.2 Å². The Kier molecular flexibility index (Phi) is 4.37. The van der Waals surface area contributed by atoms with Crippen LogP contribution in [-0.4, -0.2) is 21.0 Å². The second-order valence-corrected chi connectivity index (χ2v) is 6.65. The predicted octanol–water partition coefficient (Wildman–Crippen LogP) is 1.23. The Hall–Kier alpha value is -0.910. The Bertz CT molecular complexity index is 473. The van der Waals surface area contributed by atoms with E-state index in [2.05, 4.69) is 4.72 Å². The SMILES string of the molecule is NCC1CCCC1NS(=O)(=O)Cc1ccccc1. The molecule has 0 heterocycles. The molecule has 2 rings (SSSR count). The van der Waals surface area contributed by atoms with Crippen molar-refractivity contribution in [3.05, 3.63) is 35.9 Å². The van der Waals surface area contributed by atoms with Crippen LogP contribution in [0, 0.1) is 5.92 Å². The van der Waals surface area contributed by atoms with Gasteiger partial charge < -0.3 is 5.73 Å². The number of nitrogens with one attached hydrogen (secondary N) is 1. The monoisotopic (exact) mass is 268 g/mol. The molecule has 0 aromatic heterocycles. The highest BCUT2D eigenvalue weighted by Crippen LogP contribution is 2.25. The van der Waals surface area contributed by atoms with Gasteiger partial charge in [0.25, 0.3) is 0 Å². The number of sulfonamides is 1. The minimum absolute atomic E-state index is 0.0173. The van der Waals surface area contributed by atoms with Crippen LogP contribution in [-0.2, 0) is 15.8 Å². The van der Waals surface area contributed by atoms with Gasteiger partial charge in [-0.25, -0.2) is 13.1 Å². The highest BCUT2D eigenvalue weighted by atomic mass is 32.2. The van der Waals surface area contributed by atoms with Gasteiger partial charge in [-0.05, 0) is 30.9 Å². The molecule has 1 aromatic carbocycles. The molecule has 1 aliphatic carbocycles. The van der Waals surface area contributed by atoms with Gasteiger partial charge in [-0.2, -0.15) is 0 Å². The summed E-state index contributed by atoms with van der Waals surface area (Å²) in [6, 6.07) is 9.25. The fourth-order valence-electron chi connectivity index (χ4n) is 2.54. The van der Waals surface area contributed by atoms with Crippen LogP contribution in [0.15, 0.2) is 30.3 Å². The highest BCUT2D eigenvalue weighted by molar-refractivity contribution is 7.88. The molecule has 0 amide bonds. The van der Waals surface area contributed by atoms with Crippen molar-refractivity contribution in [3.8, 4) is 0 Å². The summed E-state index contributed by atoms with van der Waals surface area (Å²) in [7, 11) is -3.27. The molecular weight excluding hydrogens is 248 g/mol. The summed E-state index contributed by atoms with van der Waals surface area (Å²) in [5, 5.41) is 0. The molecule has 1 saturated carbocycles. The Morgan fingerprint density at radius 1 is 1.22 bits per heavy atom. The van der Waals surface area contributed by atoms with Crippen molar-refractivity contribution in [2.24, 2.45) is 11.7 Å². The summed E-state index contributed by atoms with van der Waals surface area (Å²) in [6.07, 6.45) is 2.98. The lowest BCUT2D eigenvalue weighted by molar-refractivity contribution is 0.452. The molecule has 18 heavy (non-hydrogen) atoms. The van der Waals surface area contributed by atoms with Crippen LogP contribution in [0.4, 0.5) is 0 Å². The summed E-state index contributed by atoms with van der Waals surface area (Å²) < 4.78 is 26.9. The number of hydrogen-bond acceptors (Lipinski definition) is 3. The average molecular weight is 268 g/mol. The van der Waals surface area contributed by atoms with E-state index in [9.17, 15) is 8.42 Å². The van der Waals surface area contributed by atoms with Gasteiger partial charge in [-0.3, -0.25) is 0 Å². The first-order valence-electron chi connectivity index (χ1n) is 6.35. The van der Waals surface area contributed by atoms with Crippen molar-refractivity contribution in [1.29, 1.82) is 0 Å². The van der Waals surface area contributed by atoms with E-state index in [0.717, 1.165) is 24.8 Å². The lowest BCUT2D eigenvalue weighted by Gasteiger charge is -2.19. The van der Waals surface area contributed by atoms with E-state index in [1.807, 2.05) is 30.3 Å². The van der Waals surface area contributed by atoms with Gasteiger partial charge in [-0.1, -0.05) is 36.8 Å². The molecule has 5 heteroatoms. The van der Waals surface area contributed by atoms with Crippen molar-refractivity contribution in [1.82, 2.24) is 4.72 Å². The molecule has 1 aliphatic rings. The zero-order valence-electron chi connectivity index (χ0n) is 10.4. The Morgan fingerprint density at radius 3 is 2.61 bits per heavy atom. The van der Waals surface area contributed by atoms with E-state index in [4.69, 9.17) is 5.73 Å². The minimum Gasteiger partial charge on any atom is -0.330 e. The summed E-state index contributed by atoms with van der Waals surface area (Å²) in [5.41, 5.74) is 6.47. The molecule has 4 nitrogen and oxygen atoms in total. The Morgan fingerprint density at radius 2 is 1.94 bits per heavy atom. The van der Waals surface area contributed by atoms with Crippen molar-refractivity contribution in [2.75, 3.05) is 6.54 Å². The molecule has 2 unspecified atom stereocenters. The first-order valence-corrected chi connectivity index (χ1v) is 8.00. The molecule has 100 valence electrons. The van der Waals surface area contributed by atoms with Gasteiger partial charge in [0.15, 0.2) is 0 Å². The standard InChI is InChI=1S/C13H20N2O2S/c14-9-12-7-4-8-13(12)15-18(16,17)10-11-5-2-1-3-6-11/h1-3,5-6,12-13,15H,4,7-10,14H2. The third kappa shape index (κ3) is 3.54. The molecule has 0 radical (unpaired) electrons. The van der Waals surface area contributed by atoms with E-state index in [0.29, 0.717) is 6.54 Å². The van der Waals surface area contributed by atoms with Gasteiger partial charge in [0, 0.05) is 6.04 Å². The van der Waals surface area contributed by atoms with Crippen LogP contribution in [0.3, 0.4) is 0 Å². The quantitative estimate of drug-likeness (QED) is 0.843. The number of hydrogen-bond donors (Lipinski definition) is 2. The summed E-state index contributed by atoms with van der Waals surface area (Å²) in [6.45, 7) is 0.554. The van der Waals surface area contributed by atoms with E-state index < -0.39 is 10.0 Å². The fraction of sp³-hybridized carbons (Fsp3) is 0.538. The zero-order chi connectivity index (χ0) is 13.0. The number of benzene rings is 1. The molecule has 2 atom stereocenters. The van der Waals surface area contributed by atoms with E-state index >= 15 is 0 Å². The first kappa shape index (κ1) is 13.5. The number of nitrogens with two attached hydrogens (primary N) is 1. The molecule has 1 aromatic rings. The smallest absolute Gasteiger partial charge is 0.216 e. The Balaban J connectivity index is 1.99. The summed E-state index contributed by atoms with van der Waals surface area (Å²) in [5.74, 6) is 0.331. The summed E-state index contributed by atoms with van der Waals surface area (Å²) in [4.78, 5) is 0. The molecule has 0 saturated heterocycles. The van der Waals surface area contributed by atoms with Crippen LogP contribution < -0.4 is 10.5 Å². The number of rotatable bonds is 5. The molecule has 0 spiro atoms. The van der Waals surface area contributed by atoms with Gasteiger partial charge in [0.05, 0.1) is 5.75 Å². The molecule has 3 N–H and O–H groups in total. The van der Waals surface area contributed by atoms with E-state index in [-0.39, 0.29) is 17.7 Å². The van der Waals surface area contributed by atoms with Crippen LogP contribution in [0.1, 0.15) is 24.8 Å². The molecule has 1 fully saturated rings. The third-order valence-electron chi connectivity index (χ3n) is 3.49. The molecular formula is C13H20N2O2S. The zero-order valence-corrected chi connectivity index (χ0v) is 11.2. The lowest BCUT2D eigenvalue weighted by Crippen LogP contribution is -2.40. The van der Waals surface area contributed by atoms with Crippen molar-refractivity contribution in [3.63, 3.8) is 0 Å². The van der Waals surface area contributed by atoms with Gasteiger partial charge in [-0.15, -0.1) is 0 Å². The lowest BCUT2D eigenvalue weighted by atomic mass is 10.1. The maximum absolute atomic E-state index is 12.1. The van der Waals surface area contributed by atoms with Crippen LogP contribution in [0.5, 0.6) is 0 Å². The molecule has 0 aliphatic heterocycles. The van der Waals surface area contributed by atoms with Gasteiger partial charge >= 0.3 is 0 Å². The van der Waals surface area contributed by atoms with E-state index in [1.54, 1.807) is 0 Å². The van der Waals surface area contributed by atoms with Gasteiger partial charge in [0.1, 0.15) is 0 Å². The van der Waals surface area contributed by atoms with Crippen molar-refractivity contribution < 1.29 is 8.42 Å². The van der Waals surface area contributed by atoms with Crippen LogP contribution in [0.25, 0.3) is 0 Å². The maximum atomic E-state index is 12.1. The second-order valence-electron chi connectivity index (χ2n) is 4.90. The maximum Gasteiger partial charge on any atom is 0.216 e. The van der Waals surface area contributed by atoms with Gasteiger partial charge in [0.2, 0.25) is 10.0 Å². The summed E-state index contributed by atoms with van der Waals surface area (Å²) >= 11 is 0. The normalized spacial score (nSPS) is 24.3. The molecule has 0 bridgehead atoms. The predicted molar refractivity (Wildman–Crippen MR) is 72.4 cm³/mol. The third-order valence-corrected chi connectivity index (χ3v) is 4.87. The minimum atomic E-state index is -3.27. The van der Waals surface area contributed by atoms with Crippen LogP contribution >= 0.6 is 0 Å². The van der Waals surface area contributed by atoms with Crippen LogP contribution in [0.2, 0.25) is 0 Å². The van der Waals surface area contributed by atoms with Crippen molar-refractivity contribution in [2.45, 2.75) is 31.1 Å². The average Bonchev–Trinajstić information content (AvgIpc) is 2.76. The first-order chi connectivity index (χ1) is 8.61. The highest BCUT2D eigenvalue weighted by Gasteiger charge is 2.29. The fourth-order valence-corrected chi connectivity index (χ4v) is 4.03. The largest absolute Gasteiger partial charge is 0.330 e. The second kappa shape index (κ2) is 5.82.